The predicted octanol–water partition coefficient (Wildman–Crippen LogP) is 2.61. The Labute approximate surface area is 118 Å². The number of piperidine rings is 1. The first kappa shape index (κ1) is 13.3. The number of aliphatic hydroxyl groups is 1. The minimum absolute atomic E-state index is 0.0422. The maximum Gasteiger partial charge on any atom is 0.160 e. The Kier molecular flexibility index (Phi) is 3.32. The molecule has 2 N–H and O–H groups in total. The third-order valence-electron chi connectivity index (χ3n) is 4.21. The molecular formula is C17H19NO2. The smallest absolute Gasteiger partial charge is 0.160 e. The molecule has 2 aromatic carbocycles. The lowest BCUT2D eigenvalue weighted by Crippen LogP contribution is -2.39. The van der Waals surface area contributed by atoms with Crippen LogP contribution in [-0.4, -0.2) is 24.0 Å². The van der Waals surface area contributed by atoms with Crippen molar-refractivity contribution in [2.24, 2.45) is 0 Å². The summed E-state index contributed by atoms with van der Waals surface area (Å²) in [5.74, 6) is 0.0422. The normalized spacial score (nSPS) is 18.1. The van der Waals surface area contributed by atoms with Crippen LogP contribution in [0.3, 0.4) is 0 Å². The van der Waals surface area contributed by atoms with Crippen molar-refractivity contribution in [3.05, 3.63) is 47.5 Å². The second kappa shape index (κ2) is 5.00. The molecule has 1 heterocycles. The summed E-state index contributed by atoms with van der Waals surface area (Å²) < 4.78 is 0. The monoisotopic (exact) mass is 269 g/mol. The molecule has 3 nitrogen and oxygen atoms in total. The highest BCUT2D eigenvalue weighted by Gasteiger charge is 2.31. The molecule has 0 saturated carbocycles. The summed E-state index contributed by atoms with van der Waals surface area (Å²) in [6.07, 6.45) is 1.37. The van der Waals surface area contributed by atoms with Gasteiger partial charge in [0.15, 0.2) is 5.78 Å². The van der Waals surface area contributed by atoms with Crippen molar-refractivity contribution in [2.45, 2.75) is 25.4 Å². The van der Waals surface area contributed by atoms with Gasteiger partial charge in [0.2, 0.25) is 0 Å². The first-order valence-electron chi connectivity index (χ1n) is 7.07. The largest absolute Gasteiger partial charge is 0.385 e. The Morgan fingerprint density at radius 1 is 1.20 bits per heavy atom. The van der Waals surface area contributed by atoms with Crippen LogP contribution in [0.5, 0.6) is 0 Å². The number of ketones is 1. The molecule has 1 aliphatic heterocycles. The van der Waals surface area contributed by atoms with Gasteiger partial charge in [-0.25, -0.2) is 0 Å². The first-order valence-corrected chi connectivity index (χ1v) is 7.07. The number of benzene rings is 2. The maximum atomic E-state index is 11.9. The van der Waals surface area contributed by atoms with Crippen molar-refractivity contribution in [1.82, 2.24) is 5.32 Å². The highest BCUT2D eigenvalue weighted by molar-refractivity contribution is 6.07. The van der Waals surface area contributed by atoms with Crippen molar-refractivity contribution >= 4 is 16.6 Å². The van der Waals surface area contributed by atoms with E-state index >= 15 is 0 Å². The van der Waals surface area contributed by atoms with Crippen molar-refractivity contribution in [1.29, 1.82) is 0 Å². The molecule has 0 atom stereocenters. The third kappa shape index (κ3) is 2.23. The van der Waals surface area contributed by atoms with Crippen LogP contribution in [-0.2, 0) is 5.60 Å². The lowest BCUT2D eigenvalue weighted by atomic mass is 9.82. The topological polar surface area (TPSA) is 49.3 Å². The van der Waals surface area contributed by atoms with E-state index in [2.05, 4.69) is 5.32 Å². The molecule has 2 aromatic rings. The molecule has 3 rings (SSSR count). The average molecular weight is 269 g/mol. The van der Waals surface area contributed by atoms with Gasteiger partial charge < -0.3 is 10.4 Å². The second-order valence-electron chi connectivity index (χ2n) is 5.58. The Hall–Kier alpha value is -1.71. The molecule has 1 fully saturated rings. The highest BCUT2D eigenvalue weighted by Crippen LogP contribution is 2.34. The van der Waals surface area contributed by atoms with Crippen LogP contribution in [0.25, 0.3) is 10.8 Å². The molecule has 0 bridgehead atoms. The molecule has 1 aliphatic rings. The van der Waals surface area contributed by atoms with Gasteiger partial charge >= 0.3 is 0 Å². The summed E-state index contributed by atoms with van der Waals surface area (Å²) in [5.41, 5.74) is 0.743. The molecule has 3 heteroatoms. The van der Waals surface area contributed by atoms with E-state index in [1.54, 1.807) is 6.92 Å². The zero-order chi connectivity index (χ0) is 14.2. The number of rotatable bonds is 2. The van der Waals surface area contributed by atoms with E-state index in [0.717, 1.165) is 29.4 Å². The lowest BCUT2D eigenvalue weighted by molar-refractivity contribution is 0.00603. The van der Waals surface area contributed by atoms with E-state index in [1.807, 2.05) is 36.4 Å². The van der Waals surface area contributed by atoms with Crippen LogP contribution >= 0.6 is 0 Å². The quantitative estimate of drug-likeness (QED) is 0.824. The number of fused-ring (bicyclic) bond motifs is 1. The number of carbonyl (C=O) groups is 1. The molecule has 0 spiro atoms. The number of Topliss-reactive ketones (excluding diaryl/α,β-unsaturated/α-hetero) is 1. The minimum Gasteiger partial charge on any atom is -0.385 e. The molecule has 0 radical (unpaired) electrons. The van der Waals surface area contributed by atoms with E-state index in [0.29, 0.717) is 18.4 Å². The van der Waals surface area contributed by atoms with Gasteiger partial charge in [-0.1, -0.05) is 24.3 Å². The van der Waals surface area contributed by atoms with Gasteiger partial charge in [0, 0.05) is 5.56 Å². The van der Waals surface area contributed by atoms with Gasteiger partial charge in [0.05, 0.1) is 5.60 Å². The molecular weight excluding hydrogens is 250 g/mol. The second-order valence-corrected chi connectivity index (χ2v) is 5.58. The Bertz CT molecular complexity index is 657. The summed E-state index contributed by atoms with van der Waals surface area (Å²) in [7, 11) is 0. The zero-order valence-electron chi connectivity index (χ0n) is 11.6. The third-order valence-corrected chi connectivity index (χ3v) is 4.21. The van der Waals surface area contributed by atoms with E-state index in [1.165, 1.54) is 0 Å². The minimum atomic E-state index is -0.820. The predicted molar refractivity (Wildman–Crippen MR) is 80.0 cm³/mol. The zero-order valence-corrected chi connectivity index (χ0v) is 11.6. The average Bonchev–Trinajstić information content (AvgIpc) is 2.46. The van der Waals surface area contributed by atoms with Crippen molar-refractivity contribution < 1.29 is 9.90 Å². The molecule has 20 heavy (non-hydrogen) atoms. The molecule has 0 aliphatic carbocycles. The highest BCUT2D eigenvalue weighted by atomic mass is 16.3. The van der Waals surface area contributed by atoms with Crippen LogP contribution in [0.2, 0.25) is 0 Å². The summed E-state index contributed by atoms with van der Waals surface area (Å²) in [4.78, 5) is 11.9. The van der Waals surface area contributed by atoms with Gasteiger partial charge in [-0.3, -0.25) is 4.79 Å². The van der Waals surface area contributed by atoms with Crippen LogP contribution in [0.15, 0.2) is 36.4 Å². The van der Waals surface area contributed by atoms with Crippen molar-refractivity contribution in [3.8, 4) is 0 Å². The van der Waals surface area contributed by atoms with Crippen molar-refractivity contribution in [2.75, 3.05) is 13.1 Å². The fourth-order valence-electron chi connectivity index (χ4n) is 3.00. The summed E-state index contributed by atoms with van der Waals surface area (Å²) >= 11 is 0. The molecule has 0 unspecified atom stereocenters. The van der Waals surface area contributed by atoms with Crippen LogP contribution in [0, 0.1) is 0 Å². The van der Waals surface area contributed by atoms with Crippen molar-refractivity contribution in [3.63, 3.8) is 0 Å². The fraction of sp³-hybridized carbons (Fsp3) is 0.353. The van der Waals surface area contributed by atoms with E-state index in [-0.39, 0.29) is 5.78 Å². The number of hydrogen-bond acceptors (Lipinski definition) is 3. The molecule has 104 valence electrons. The summed E-state index contributed by atoms with van der Waals surface area (Å²) in [5, 5.41) is 16.1. The number of nitrogens with one attached hydrogen (secondary N) is 1. The van der Waals surface area contributed by atoms with Crippen LogP contribution < -0.4 is 5.32 Å². The maximum absolute atomic E-state index is 11.9. The Balaban J connectivity index is 2.19. The van der Waals surface area contributed by atoms with Crippen LogP contribution in [0.1, 0.15) is 35.7 Å². The van der Waals surface area contributed by atoms with Gasteiger partial charge in [0.1, 0.15) is 0 Å². The van der Waals surface area contributed by atoms with Gasteiger partial charge in [-0.15, -0.1) is 0 Å². The number of hydrogen-bond donors (Lipinski definition) is 2. The Morgan fingerprint density at radius 3 is 2.60 bits per heavy atom. The molecule has 0 amide bonds. The van der Waals surface area contributed by atoms with E-state index in [9.17, 15) is 9.90 Å². The molecule has 1 saturated heterocycles. The Morgan fingerprint density at radius 2 is 1.90 bits per heavy atom. The SMILES string of the molecule is CC(=O)c1cc(C2(O)CCNCC2)cc2ccccc12. The van der Waals surface area contributed by atoms with Crippen LogP contribution in [0.4, 0.5) is 0 Å². The first-order chi connectivity index (χ1) is 9.60. The lowest BCUT2D eigenvalue weighted by Gasteiger charge is -2.33. The van der Waals surface area contributed by atoms with Gasteiger partial charge in [-0.2, -0.15) is 0 Å². The summed E-state index contributed by atoms with van der Waals surface area (Å²) in [6.45, 7) is 3.19. The van der Waals surface area contributed by atoms with E-state index < -0.39 is 5.60 Å². The standard InChI is InChI=1S/C17H19NO2/c1-12(19)16-11-14(17(20)6-8-18-9-7-17)10-13-4-2-3-5-15(13)16/h2-5,10-11,18,20H,6-9H2,1H3. The van der Waals surface area contributed by atoms with E-state index in [4.69, 9.17) is 0 Å². The fourth-order valence-corrected chi connectivity index (χ4v) is 3.00. The van der Waals surface area contributed by atoms with Gasteiger partial charge in [-0.05, 0) is 61.3 Å². The summed E-state index contributed by atoms with van der Waals surface area (Å²) in [6, 6.07) is 11.7. The number of carbonyl (C=O) groups excluding carboxylic acids is 1. The van der Waals surface area contributed by atoms with Gasteiger partial charge in [0.25, 0.3) is 0 Å². The molecule has 0 aromatic heterocycles.